The number of hydrogen-bond donors (Lipinski definition) is 0. The van der Waals surface area contributed by atoms with Crippen molar-refractivity contribution in [2.24, 2.45) is 11.8 Å². The molecule has 204 valence electrons. The van der Waals surface area contributed by atoms with Crippen molar-refractivity contribution in [1.29, 1.82) is 0 Å². The molecule has 0 radical (unpaired) electrons. The molecular formula is C22H35N4NaO10. The predicted molar refractivity (Wildman–Crippen MR) is 128 cm³/mol. The Bertz CT molecular complexity index is 749. The zero-order valence-corrected chi connectivity index (χ0v) is 21.1. The first-order chi connectivity index (χ1) is 17.0. The van der Waals surface area contributed by atoms with Crippen LogP contribution in [0.4, 0.5) is 9.59 Å². The summed E-state index contributed by atoms with van der Waals surface area (Å²) in [6.45, 7) is 6.81. The van der Waals surface area contributed by atoms with Crippen LogP contribution in [0.1, 0.15) is 27.7 Å². The SMILES string of the molecule is CC(C)COC(=O)OCN1C(=O)CN(CCN2CC(=O)N(COC(=O)OCC(C)C)C(=O)C2)CC1=O.[NaH]. The second-order valence-electron chi connectivity index (χ2n) is 9.31. The second-order valence-corrected chi connectivity index (χ2v) is 9.31. The van der Waals surface area contributed by atoms with Crippen LogP contribution in [-0.2, 0) is 38.1 Å². The van der Waals surface area contributed by atoms with Gasteiger partial charge in [0.15, 0.2) is 13.5 Å². The Morgan fingerprint density at radius 2 is 0.919 bits per heavy atom. The summed E-state index contributed by atoms with van der Waals surface area (Å²) in [6.07, 6.45) is -1.92. The number of amides is 4. The van der Waals surface area contributed by atoms with Crippen LogP contribution in [0.15, 0.2) is 0 Å². The van der Waals surface area contributed by atoms with Gasteiger partial charge >= 0.3 is 41.9 Å². The molecule has 4 amide bonds. The molecular weight excluding hydrogens is 503 g/mol. The van der Waals surface area contributed by atoms with Crippen LogP contribution >= 0.6 is 0 Å². The molecule has 0 spiro atoms. The molecule has 2 aliphatic rings. The Hall–Kier alpha value is -2.26. The van der Waals surface area contributed by atoms with E-state index in [1.807, 2.05) is 27.7 Å². The Labute approximate surface area is 237 Å². The van der Waals surface area contributed by atoms with Crippen molar-refractivity contribution in [3.63, 3.8) is 0 Å². The van der Waals surface area contributed by atoms with E-state index in [2.05, 4.69) is 0 Å². The first kappa shape index (κ1) is 32.8. The van der Waals surface area contributed by atoms with E-state index in [-0.39, 0.29) is 93.9 Å². The monoisotopic (exact) mass is 538 g/mol. The van der Waals surface area contributed by atoms with Crippen LogP contribution < -0.4 is 0 Å². The van der Waals surface area contributed by atoms with Gasteiger partial charge in [-0.3, -0.25) is 29.0 Å². The molecule has 0 bridgehead atoms. The summed E-state index contributed by atoms with van der Waals surface area (Å²) < 4.78 is 19.4. The van der Waals surface area contributed by atoms with Gasteiger partial charge in [0.2, 0.25) is 23.6 Å². The summed E-state index contributed by atoms with van der Waals surface area (Å²) in [7, 11) is 0. The number of ether oxygens (including phenoxy) is 4. The van der Waals surface area contributed by atoms with Gasteiger partial charge in [-0.2, -0.15) is 0 Å². The van der Waals surface area contributed by atoms with Gasteiger partial charge < -0.3 is 18.9 Å². The summed E-state index contributed by atoms with van der Waals surface area (Å²) in [5.41, 5.74) is 0. The third kappa shape index (κ3) is 11.3. The molecule has 2 rings (SSSR count). The fourth-order valence-corrected chi connectivity index (χ4v) is 3.17. The van der Waals surface area contributed by atoms with Gasteiger partial charge in [-0.15, -0.1) is 0 Å². The molecule has 2 aliphatic heterocycles. The molecule has 0 aliphatic carbocycles. The third-order valence-electron chi connectivity index (χ3n) is 5.06. The maximum atomic E-state index is 12.4. The van der Waals surface area contributed by atoms with E-state index in [0.717, 1.165) is 9.80 Å². The van der Waals surface area contributed by atoms with E-state index in [0.29, 0.717) is 0 Å². The molecule has 15 heteroatoms. The summed E-state index contributed by atoms with van der Waals surface area (Å²) in [6, 6.07) is 0. The average molecular weight is 539 g/mol. The molecule has 0 atom stereocenters. The molecule has 2 saturated heterocycles. The van der Waals surface area contributed by atoms with E-state index in [9.17, 15) is 28.8 Å². The van der Waals surface area contributed by atoms with E-state index in [1.165, 1.54) is 0 Å². The molecule has 0 aromatic rings. The van der Waals surface area contributed by atoms with Crippen LogP contribution in [0.2, 0.25) is 0 Å². The number of hydrogen-bond acceptors (Lipinski definition) is 12. The predicted octanol–water partition coefficient (Wildman–Crippen LogP) is -0.787. The number of imide groups is 2. The van der Waals surface area contributed by atoms with Gasteiger partial charge in [0.05, 0.1) is 39.4 Å². The van der Waals surface area contributed by atoms with Gasteiger partial charge in [-0.1, -0.05) is 27.7 Å². The van der Waals surface area contributed by atoms with Crippen molar-refractivity contribution >= 4 is 65.5 Å². The van der Waals surface area contributed by atoms with Crippen LogP contribution in [0, 0.1) is 11.8 Å². The first-order valence-electron chi connectivity index (χ1n) is 11.7. The molecule has 0 aromatic heterocycles. The van der Waals surface area contributed by atoms with E-state index in [1.54, 1.807) is 9.80 Å². The van der Waals surface area contributed by atoms with Crippen LogP contribution in [0.3, 0.4) is 0 Å². The van der Waals surface area contributed by atoms with Crippen molar-refractivity contribution in [3.05, 3.63) is 0 Å². The van der Waals surface area contributed by atoms with Gasteiger partial charge in [-0.25, -0.2) is 19.4 Å². The van der Waals surface area contributed by atoms with Gasteiger partial charge in [0.1, 0.15) is 0 Å². The summed E-state index contributed by atoms with van der Waals surface area (Å²) in [5, 5.41) is 0. The van der Waals surface area contributed by atoms with E-state index < -0.39 is 49.4 Å². The Morgan fingerprint density at radius 3 is 1.19 bits per heavy atom. The molecule has 2 fully saturated rings. The number of carbonyl (C=O) groups excluding carboxylic acids is 6. The molecule has 14 nitrogen and oxygen atoms in total. The van der Waals surface area contributed by atoms with E-state index >= 15 is 0 Å². The van der Waals surface area contributed by atoms with Crippen molar-refractivity contribution < 1.29 is 47.7 Å². The average Bonchev–Trinajstić information content (AvgIpc) is 2.79. The molecule has 37 heavy (non-hydrogen) atoms. The normalized spacial score (nSPS) is 17.2. The summed E-state index contributed by atoms with van der Waals surface area (Å²) in [5.74, 6) is -1.93. The molecule has 0 saturated carbocycles. The van der Waals surface area contributed by atoms with Gasteiger partial charge in [0, 0.05) is 13.1 Å². The Kier molecular flexibility index (Phi) is 14.1. The van der Waals surface area contributed by atoms with Crippen LogP contribution in [-0.4, -0.2) is 151 Å². The van der Waals surface area contributed by atoms with Crippen molar-refractivity contribution in [2.45, 2.75) is 27.7 Å². The minimum atomic E-state index is -0.960. The Morgan fingerprint density at radius 1 is 0.622 bits per heavy atom. The quantitative estimate of drug-likeness (QED) is 0.184. The molecule has 0 aromatic carbocycles. The van der Waals surface area contributed by atoms with Crippen LogP contribution in [0.25, 0.3) is 0 Å². The van der Waals surface area contributed by atoms with Crippen molar-refractivity contribution in [3.8, 4) is 0 Å². The Balaban J connectivity index is 0.00000684. The number of nitrogens with zero attached hydrogens (tertiary/aromatic N) is 4. The van der Waals surface area contributed by atoms with Gasteiger partial charge in [-0.05, 0) is 11.8 Å². The van der Waals surface area contributed by atoms with Crippen molar-refractivity contribution in [1.82, 2.24) is 19.6 Å². The van der Waals surface area contributed by atoms with Crippen LogP contribution in [0.5, 0.6) is 0 Å². The number of piperazine rings is 2. The summed E-state index contributed by atoms with van der Waals surface area (Å²) >= 11 is 0. The molecule has 2 heterocycles. The van der Waals surface area contributed by atoms with E-state index in [4.69, 9.17) is 18.9 Å². The fourth-order valence-electron chi connectivity index (χ4n) is 3.17. The fraction of sp³-hybridized carbons (Fsp3) is 0.727. The standard InChI is InChI=1S/C22H34N4O10.Na.H/c1-15(2)11-33-21(31)35-13-25-17(27)7-23(8-18(25)28)5-6-24-9-19(29)26(20(30)10-24)14-36-22(32)34-12-16(3)4;;/h15-16H,5-14H2,1-4H3;;. The maximum absolute atomic E-state index is 12.4. The number of carbonyl (C=O) groups is 6. The molecule has 0 N–H and O–H groups in total. The number of rotatable bonds is 11. The van der Waals surface area contributed by atoms with Crippen molar-refractivity contribution in [2.75, 3.05) is 65.9 Å². The molecule has 0 unspecified atom stereocenters. The first-order valence-corrected chi connectivity index (χ1v) is 11.7. The minimum absolute atomic E-state index is 0. The van der Waals surface area contributed by atoms with Gasteiger partial charge in [0.25, 0.3) is 0 Å². The second kappa shape index (κ2) is 15.9. The summed E-state index contributed by atoms with van der Waals surface area (Å²) in [4.78, 5) is 77.3. The zero-order chi connectivity index (χ0) is 26.8. The third-order valence-corrected chi connectivity index (χ3v) is 5.06. The zero-order valence-electron chi connectivity index (χ0n) is 21.1. The topological polar surface area (TPSA) is 152 Å².